The highest BCUT2D eigenvalue weighted by atomic mass is 16.9. The molecular formula is C22H18N2O4. The zero-order valence-corrected chi connectivity index (χ0v) is 15.0. The first-order chi connectivity index (χ1) is 13.7. The van der Waals surface area contributed by atoms with E-state index in [2.05, 4.69) is 4.98 Å². The Kier molecular flexibility index (Phi) is 4.07. The second-order valence-corrected chi connectivity index (χ2v) is 7.00. The number of rotatable bonds is 5. The van der Waals surface area contributed by atoms with Crippen LogP contribution in [0.15, 0.2) is 71.4 Å². The van der Waals surface area contributed by atoms with Crippen LogP contribution in [0.3, 0.4) is 0 Å². The maximum atomic E-state index is 13.0. The molecule has 5 rings (SSSR count). The van der Waals surface area contributed by atoms with Crippen molar-refractivity contribution in [3.8, 4) is 0 Å². The zero-order valence-electron chi connectivity index (χ0n) is 15.0. The van der Waals surface area contributed by atoms with Crippen LogP contribution in [-0.4, -0.2) is 21.3 Å². The van der Waals surface area contributed by atoms with Crippen molar-refractivity contribution >= 4 is 27.8 Å². The van der Waals surface area contributed by atoms with Gasteiger partial charge in [0.15, 0.2) is 0 Å². The molecule has 0 spiro atoms. The fourth-order valence-corrected chi connectivity index (χ4v) is 3.57. The molecule has 0 saturated heterocycles. The van der Waals surface area contributed by atoms with Crippen LogP contribution >= 0.6 is 0 Å². The molecule has 0 radical (unpaired) electrons. The number of benzene rings is 2. The standard InChI is InChI=1S/C22H18N2O4/c25-22(24(26)28-21(14-10-11-14)15-5-4-12-23-13-15)17-7-3-9-19-20(17)16-6-1-2-8-18(16)27-19/h1-9,12-14,21,26H,10-11H2. The lowest BCUT2D eigenvalue weighted by molar-refractivity contribution is -0.325. The average Bonchev–Trinajstić information content (AvgIpc) is 3.51. The van der Waals surface area contributed by atoms with Gasteiger partial charge >= 0.3 is 5.91 Å². The van der Waals surface area contributed by atoms with Crippen molar-refractivity contribution in [3.63, 3.8) is 0 Å². The maximum absolute atomic E-state index is 13.0. The second kappa shape index (κ2) is 6.74. The summed E-state index contributed by atoms with van der Waals surface area (Å²) in [6.45, 7) is 0. The number of aromatic nitrogens is 1. The van der Waals surface area contributed by atoms with Gasteiger partial charge in [0.05, 0.1) is 5.56 Å². The topological polar surface area (TPSA) is 75.8 Å². The van der Waals surface area contributed by atoms with E-state index in [1.54, 1.807) is 30.6 Å². The lowest BCUT2D eigenvalue weighted by Gasteiger charge is -2.22. The van der Waals surface area contributed by atoms with Gasteiger partial charge in [-0.1, -0.05) is 35.6 Å². The largest absolute Gasteiger partial charge is 0.456 e. The molecule has 1 unspecified atom stereocenters. The van der Waals surface area contributed by atoms with Crippen molar-refractivity contribution in [1.82, 2.24) is 10.2 Å². The molecule has 6 heteroatoms. The molecular weight excluding hydrogens is 356 g/mol. The van der Waals surface area contributed by atoms with Crippen LogP contribution in [0.2, 0.25) is 0 Å². The molecule has 4 aromatic rings. The van der Waals surface area contributed by atoms with E-state index in [0.717, 1.165) is 23.8 Å². The molecule has 2 aromatic carbocycles. The smallest absolute Gasteiger partial charge is 0.304 e. The Labute approximate surface area is 160 Å². The number of furan rings is 1. The Morgan fingerprint density at radius 1 is 1.11 bits per heavy atom. The summed E-state index contributed by atoms with van der Waals surface area (Å²) in [5.41, 5.74) is 2.44. The van der Waals surface area contributed by atoms with E-state index >= 15 is 0 Å². The highest BCUT2D eigenvalue weighted by Gasteiger charge is 2.36. The van der Waals surface area contributed by atoms with Crippen molar-refractivity contribution in [3.05, 3.63) is 78.1 Å². The van der Waals surface area contributed by atoms with Crippen LogP contribution in [0, 0.1) is 5.92 Å². The molecule has 1 saturated carbocycles. The van der Waals surface area contributed by atoms with Crippen LogP contribution in [0.5, 0.6) is 0 Å². The predicted molar refractivity (Wildman–Crippen MR) is 102 cm³/mol. The molecule has 28 heavy (non-hydrogen) atoms. The number of fused-ring (bicyclic) bond motifs is 3. The summed E-state index contributed by atoms with van der Waals surface area (Å²) in [4.78, 5) is 22.8. The van der Waals surface area contributed by atoms with Crippen molar-refractivity contribution in [2.24, 2.45) is 5.92 Å². The number of hydrogen-bond acceptors (Lipinski definition) is 5. The summed E-state index contributed by atoms with van der Waals surface area (Å²) in [7, 11) is 0. The van der Waals surface area contributed by atoms with Crippen molar-refractivity contribution in [2.75, 3.05) is 0 Å². The van der Waals surface area contributed by atoms with E-state index in [4.69, 9.17) is 9.25 Å². The summed E-state index contributed by atoms with van der Waals surface area (Å²) in [6.07, 6.45) is 4.95. The van der Waals surface area contributed by atoms with Gasteiger partial charge in [0, 0.05) is 28.7 Å². The van der Waals surface area contributed by atoms with E-state index in [0.29, 0.717) is 27.3 Å². The Hall–Kier alpha value is -3.22. The highest BCUT2D eigenvalue weighted by Crippen LogP contribution is 2.43. The Morgan fingerprint density at radius 3 is 2.71 bits per heavy atom. The third-order valence-electron chi connectivity index (χ3n) is 5.08. The SMILES string of the molecule is O=C(c1cccc2oc3ccccc3c12)N(O)OC(c1cccnc1)C1CC1. The lowest BCUT2D eigenvalue weighted by atomic mass is 10.1. The van der Waals surface area contributed by atoms with Crippen molar-refractivity contribution < 1.29 is 19.3 Å². The van der Waals surface area contributed by atoms with E-state index in [9.17, 15) is 10.0 Å². The van der Waals surface area contributed by atoms with E-state index in [-0.39, 0.29) is 5.92 Å². The van der Waals surface area contributed by atoms with Gasteiger partial charge in [-0.25, -0.2) is 4.84 Å². The molecule has 140 valence electrons. The highest BCUT2D eigenvalue weighted by molar-refractivity contribution is 6.15. The Morgan fingerprint density at radius 2 is 1.93 bits per heavy atom. The number of carbonyl (C=O) groups is 1. The number of para-hydroxylation sites is 1. The number of hydrogen-bond donors (Lipinski definition) is 1. The van der Waals surface area contributed by atoms with Gasteiger partial charge in [0.2, 0.25) is 0 Å². The Balaban J connectivity index is 1.49. The van der Waals surface area contributed by atoms with Gasteiger partial charge in [-0.2, -0.15) is 0 Å². The minimum absolute atomic E-state index is 0.261. The first-order valence-electron chi connectivity index (χ1n) is 9.22. The Bertz CT molecular complexity index is 1150. The number of amides is 1. The van der Waals surface area contributed by atoms with Gasteiger partial charge in [-0.3, -0.25) is 15.0 Å². The third kappa shape index (κ3) is 2.93. The third-order valence-corrected chi connectivity index (χ3v) is 5.08. The quantitative estimate of drug-likeness (QED) is 0.397. The number of pyridine rings is 1. The molecule has 2 aromatic heterocycles. The van der Waals surface area contributed by atoms with Crippen LogP contribution in [0.1, 0.15) is 34.9 Å². The molecule has 0 bridgehead atoms. The molecule has 1 fully saturated rings. The molecule has 1 N–H and O–H groups in total. The monoisotopic (exact) mass is 374 g/mol. The van der Waals surface area contributed by atoms with E-state index < -0.39 is 12.0 Å². The molecule has 6 nitrogen and oxygen atoms in total. The number of hydroxylamine groups is 2. The van der Waals surface area contributed by atoms with Gasteiger partial charge in [0.1, 0.15) is 17.3 Å². The van der Waals surface area contributed by atoms with Gasteiger partial charge in [-0.05, 0) is 43.0 Å². The lowest BCUT2D eigenvalue weighted by Crippen LogP contribution is -2.30. The normalized spacial score (nSPS) is 15.0. The van der Waals surface area contributed by atoms with Gasteiger partial charge in [-0.15, -0.1) is 0 Å². The van der Waals surface area contributed by atoms with Crippen molar-refractivity contribution in [1.29, 1.82) is 0 Å². The van der Waals surface area contributed by atoms with Crippen LogP contribution in [-0.2, 0) is 4.84 Å². The van der Waals surface area contributed by atoms with Gasteiger partial charge < -0.3 is 4.42 Å². The van der Waals surface area contributed by atoms with E-state index in [1.807, 2.05) is 36.4 Å². The molecule has 1 aliphatic carbocycles. The summed E-state index contributed by atoms with van der Waals surface area (Å²) < 4.78 is 5.82. The van der Waals surface area contributed by atoms with E-state index in [1.165, 1.54) is 0 Å². The maximum Gasteiger partial charge on any atom is 0.304 e. The predicted octanol–water partition coefficient (Wildman–Crippen LogP) is 4.90. The summed E-state index contributed by atoms with van der Waals surface area (Å²) in [5.74, 6) is -0.371. The molecule has 1 amide bonds. The first-order valence-corrected chi connectivity index (χ1v) is 9.22. The van der Waals surface area contributed by atoms with Gasteiger partial charge in [0.25, 0.3) is 0 Å². The summed E-state index contributed by atoms with van der Waals surface area (Å²) in [6, 6.07) is 16.4. The molecule has 1 atom stereocenters. The fraction of sp³-hybridized carbons (Fsp3) is 0.182. The average molecular weight is 374 g/mol. The molecule has 1 aliphatic rings. The first kappa shape index (κ1) is 16.9. The van der Waals surface area contributed by atoms with Crippen LogP contribution < -0.4 is 0 Å². The molecule has 2 heterocycles. The number of carbonyl (C=O) groups excluding carboxylic acids is 1. The molecule has 0 aliphatic heterocycles. The van der Waals surface area contributed by atoms with Crippen LogP contribution in [0.4, 0.5) is 0 Å². The van der Waals surface area contributed by atoms with Crippen LogP contribution in [0.25, 0.3) is 21.9 Å². The summed E-state index contributed by atoms with van der Waals surface area (Å²) in [5, 5.41) is 12.3. The minimum Gasteiger partial charge on any atom is -0.456 e. The summed E-state index contributed by atoms with van der Waals surface area (Å²) >= 11 is 0. The van der Waals surface area contributed by atoms with Crippen molar-refractivity contribution in [2.45, 2.75) is 18.9 Å². The fourth-order valence-electron chi connectivity index (χ4n) is 3.57. The number of nitrogens with zero attached hydrogens (tertiary/aromatic N) is 2. The second-order valence-electron chi connectivity index (χ2n) is 7.00. The minimum atomic E-state index is -0.633. The zero-order chi connectivity index (χ0) is 19.1.